The van der Waals surface area contributed by atoms with Crippen molar-refractivity contribution in [1.29, 1.82) is 0 Å². The Labute approximate surface area is 112 Å². The highest BCUT2D eigenvalue weighted by molar-refractivity contribution is 5.98. The van der Waals surface area contributed by atoms with Gasteiger partial charge in [-0.1, -0.05) is 6.07 Å². The molecule has 0 aromatic heterocycles. The fraction of sp³-hybridized carbons (Fsp3) is 0.385. The Hall–Kier alpha value is -2.24. The molecule has 6 nitrogen and oxygen atoms in total. The summed E-state index contributed by atoms with van der Waals surface area (Å²) in [6, 6.07) is 4.89. The molecule has 19 heavy (non-hydrogen) atoms. The zero-order chi connectivity index (χ0) is 14.4. The lowest BCUT2D eigenvalue weighted by Gasteiger charge is -2.12. The summed E-state index contributed by atoms with van der Waals surface area (Å²) in [5.74, 6) is -0.355. The molecule has 0 spiro atoms. The molecule has 0 unspecified atom stereocenters. The minimum absolute atomic E-state index is 0.00728. The zero-order valence-corrected chi connectivity index (χ0v) is 11.3. The van der Waals surface area contributed by atoms with Gasteiger partial charge in [-0.15, -0.1) is 0 Å². The molecule has 0 aliphatic heterocycles. The first-order valence-electron chi connectivity index (χ1n) is 5.77. The first-order chi connectivity index (χ1) is 8.97. The normalized spacial score (nSPS) is 9.84. The fourth-order valence-corrected chi connectivity index (χ4v) is 1.46. The number of rotatable bonds is 5. The number of nitrogen functional groups attached to an aromatic ring is 1. The van der Waals surface area contributed by atoms with E-state index in [1.165, 1.54) is 12.0 Å². The average molecular weight is 266 g/mol. The molecule has 1 aromatic rings. The Bertz CT molecular complexity index is 472. The van der Waals surface area contributed by atoms with E-state index < -0.39 is 5.97 Å². The van der Waals surface area contributed by atoms with Gasteiger partial charge >= 0.3 is 5.97 Å². The summed E-state index contributed by atoms with van der Waals surface area (Å²) in [6.07, 6.45) is 0.133. The molecule has 0 fully saturated rings. The van der Waals surface area contributed by atoms with Gasteiger partial charge in [0.25, 0.3) is 0 Å². The molecule has 0 radical (unpaired) electrons. The van der Waals surface area contributed by atoms with Crippen molar-refractivity contribution in [2.45, 2.75) is 6.42 Å². The Kier molecular flexibility index (Phi) is 5.17. The van der Waals surface area contributed by atoms with Gasteiger partial charge in [0.15, 0.2) is 0 Å². The van der Waals surface area contributed by atoms with Crippen LogP contribution in [0.5, 0.6) is 5.75 Å². The molecular formula is C13H18N2O4. The third-order valence-electron chi connectivity index (χ3n) is 2.53. The van der Waals surface area contributed by atoms with Crippen LogP contribution < -0.4 is 10.5 Å². The van der Waals surface area contributed by atoms with Crippen LogP contribution in [0.15, 0.2) is 18.2 Å². The van der Waals surface area contributed by atoms with E-state index in [0.29, 0.717) is 5.75 Å². The molecule has 1 rings (SSSR count). The smallest absolute Gasteiger partial charge is 0.344 e. The maximum Gasteiger partial charge on any atom is 0.344 e. The highest BCUT2D eigenvalue weighted by Crippen LogP contribution is 2.24. The molecule has 0 bridgehead atoms. The number of benzene rings is 1. The van der Waals surface area contributed by atoms with Crippen LogP contribution >= 0.6 is 0 Å². The third kappa shape index (κ3) is 3.87. The summed E-state index contributed by atoms with van der Waals surface area (Å²) in [4.78, 5) is 24.7. The standard InChI is InChI=1S/C13H18N2O4/c1-15(2)11(16)7-8-19-13(17)12-9(14)5-4-6-10(12)18-3/h4-6H,7-8,14H2,1-3H3. The van der Waals surface area contributed by atoms with Crippen LogP contribution in [-0.4, -0.2) is 44.6 Å². The number of esters is 1. The van der Waals surface area contributed by atoms with Crippen LogP contribution in [0.1, 0.15) is 16.8 Å². The molecule has 0 aliphatic rings. The van der Waals surface area contributed by atoms with Crippen LogP contribution in [-0.2, 0) is 9.53 Å². The molecule has 104 valence electrons. The van der Waals surface area contributed by atoms with E-state index in [1.807, 2.05) is 0 Å². The Balaban J connectivity index is 2.66. The topological polar surface area (TPSA) is 81.9 Å². The van der Waals surface area contributed by atoms with Gasteiger partial charge in [-0.25, -0.2) is 4.79 Å². The second kappa shape index (κ2) is 6.63. The molecular weight excluding hydrogens is 248 g/mol. The number of amides is 1. The van der Waals surface area contributed by atoms with Crippen molar-refractivity contribution in [1.82, 2.24) is 4.90 Å². The maximum absolute atomic E-state index is 11.9. The number of carbonyl (C=O) groups excluding carboxylic acids is 2. The van der Waals surface area contributed by atoms with Gasteiger partial charge in [0.2, 0.25) is 5.91 Å². The summed E-state index contributed by atoms with van der Waals surface area (Å²) in [5.41, 5.74) is 6.19. The van der Waals surface area contributed by atoms with E-state index in [2.05, 4.69) is 0 Å². The predicted molar refractivity (Wildman–Crippen MR) is 71.0 cm³/mol. The lowest BCUT2D eigenvalue weighted by atomic mass is 10.1. The molecule has 0 atom stereocenters. The molecule has 0 saturated heterocycles. The molecule has 2 N–H and O–H groups in total. The lowest BCUT2D eigenvalue weighted by Crippen LogP contribution is -2.23. The van der Waals surface area contributed by atoms with E-state index >= 15 is 0 Å². The monoisotopic (exact) mass is 266 g/mol. The van der Waals surface area contributed by atoms with E-state index in [9.17, 15) is 9.59 Å². The number of anilines is 1. The van der Waals surface area contributed by atoms with Crippen LogP contribution in [0.3, 0.4) is 0 Å². The number of ether oxygens (including phenoxy) is 2. The van der Waals surface area contributed by atoms with Gasteiger partial charge in [0.05, 0.1) is 13.5 Å². The fourth-order valence-electron chi connectivity index (χ4n) is 1.46. The summed E-state index contributed by atoms with van der Waals surface area (Å²) >= 11 is 0. The number of nitrogens with two attached hydrogens (primary N) is 1. The molecule has 0 aliphatic carbocycles. The van der Waals surface area contributed by atoms with E-state index in [0.717, 1.165) is 0 Å². The number of carbonyl (C=O) groups is 2. The first kappa shape index (κ1) is 14.8. The van der Waals surface area contributed by atoms with Crippen molar-refractivity contribution in [2.75, 3.05) is 33.5 Å². The Morgan fingerprint density at radius 3 is 2.58 bits per heavy atom. The van der Waals surface area contributed by atoms with Crippen molar-refractivity contribution >= 4 is 17.6 Å². The van der Waals surface area contributed by atoms with E-state index in [4.69, 9.17) is 15.2 Å². The first-order valence-corrected chi connectivity index (χ1v) is 5.77. The molecule has 6 heteroatoms. The van der Waals surface area contributed by atoms with Gasteiger partial charge in [-0.05, 0) is 12.1 Å². The molecule has 1 amide bonds. The van der Waals surface area contributed by atoms with Crippen LogP contribution in [0.2, 0.25) is 0 Å². The van der Waals surface area contributed by atoms with Gasteiger partial charge in [0, 0.05) is 19.8 Å². The van der Waals surface area contributed by atoms with Gasteiger partial charge in [0.1, 0.15) is 17.9 Å². The summed E-state index contributed by atoms with van der Waals surface area (Å²) in [6.45, 7) is 0.00728. The zero-order valence-electron chi connectivity index (χ0n) is 11.3. The highest BCUT2D eigenvalue weighted by Gasteiger charge is 2.17. The van der Waals surface area contributed by atoms with E-state index in [-0.39, 0.29) is 30.2 Å². The van der Waals surface area contributed by atoms with Crippen molar-refractivity contribution in [2.24, 2.45) is 0 Å². The number of hydrogen-bond donors (Lipinski definition) is 1. The minimum Gasteiger partial charge on any atom is -0.496 e. The molecule has 1 aromatic carbocycles. The SMILES string of the molecule is COc1cccc(N)c1C(=O)OCCC(=O)N(C)C. The molecule has 0 heterocycles. The number of methoxy groups -OCH3 is 1. The summed E-state index contributed by atoms with van der Waals surface area (Å²) in [7, 11) is 4.73. The van der Waals surface area contributed by atoms with Crippen molar-refractivity contribution in [3.63, 3.8) is 0 Å². The predicted octanol–water partition coefficient (Wildman–Crippen LogP) is 0.912. The second-order valence-electron chi connectivity index (χ2n) is 4.10. The Morgan fingerprint density at radius 1 is 1.32 bits per heavy atom. The van der Waals surface area contributed by atoms with Crippen molar-refractivity contribution in [3.05, 3.63) is 23.8 Å². The summed E-state index contributed by atoms with van der Waals surface area (Å²) in [5, 5.41) is 0. The van der Waals surface area contributed by atoms with Crippen LogP contribution in [0.4, 0.5) is 5.69 Å². The number of nitrogens with zero attached hydrogens (tertiary/aromatic N) is 1. The lowest BCUT2D eigenvalue weighted by molar-refractivity contribution is -0.129. The third-order valence-corrected chi connectivity index (χ3v) is 2.53. The minimum atomic E-state index is -0.596. The largest absolute Gasteiger partial charge is 0.496 e. The van der Waals surface area contributed by atoms with Crippen LogP contribution in [0.25, 0.3) is 0 Å². The quantitative estimate of drug-likeness (QED) is 0.633. The van der Waals surface area contributed by atoms with Gasteiger partial charge in [-0.2, -0.15) is 0 Å². The van der Waals surface area contributed by atoms with Gasteiger partial charge in [-0.3, -0.25) is 4.79 Å². The van der Waals surface area contributed by atoms with Crippen LogP contribution in [0, 0.1) is 0 Å². The van der Waals surface area contributed by atoms with Crippen molar-refractivity contribution < 1.29 is 19.1 Å². The molecule has 0 saturated carbocycles. The van der Waals surface area contributed by atoms with Gasteiger partial charge < -0.3 is 20.1 Å². The maximum atomic E-state index is 11.9. The Morgan fingerprint density at radius 2 is 2.00 bits per heavy atom. The summed E-state index contributed by atoms with van der Waals surface area (Å²) < 4.78 is 10.1. The average Bonchev–Trinajstić information content (AvgIpc) is 2.37. The van der Waals surface area contributed by atoms with Crippen molar-refractivity contribution in [3.8, 4) is 5.75 Å². The van der Waals surface area contributed by atoms with E-state index in [1.54, 1.807) is 32.3 Å². The highest BCUT2D eigenvalue weighted by atomic mass is 16.5. The second-order valence-corrected chi connectivity index (χ2v) is 4.10. The number of hydrogen-bond acceptors (Lipinski definition) is 5.